The van der Waals surface area contributed by atoms with Gasteiger partial charge in [-0.1, -0.05) is 12.1 Å². The molecule has 0 spiro atoms. The van der Waals surface area contributed by atoms with Gasteiger partial charge in [0.15, 0.2) is 5.78 Å². The molecule has 0 saturated heterocycles. The zero-order chi connectivity index (χ0) is 24.4. The van der Waals surface area contributed by atoms with Gasteiger partial charge in [0.1, 0.15) is 11.8 Å². The molecule has 0 saturated carbocycles. The fourth-order valence-electron chi connectivity index (χ4n) is 4.33. The van der Waals surface area contributed by atoms with Crippen molar-refractivity contribution in [2.75, 3.05) is 0 Å². The average Bonchev–Trinajstić information content (AvgIpc) is 3.49. The third-order valence-corrected chi connectivity index (χ3v) is 6.01. The van der Waals surface area contributed by atoms with E-state index in [1.54, 1.807) is 23.1 Å². The molecule has 7 heteroatoms. The number of nitriles is 2. The number of aromatic nitrogens is 3. The van der Waals surface area contributed by atoms with Crippen molar-refractivity contribution in [2.24, 2.45) is 4.99 Å². The van der Waals surface area contributed by atoms with Gasteiger partial charge in [0, 0.05) is 36.1 Å². The number of fused-ring (bicyclic) bond motifs is 1. The SMILES string of the molecule is Cc1cc2c(cc1-c1cncc(C#N)c1)CN=C2C(=O)Cc1cnn(Cc2cccc(C#N)c2)c1. The number of aryl methyl sites for hydroxylation is 1. The summed E-state index contributed by atoms with van der Waals surface area (Å²) in [5.41, 5.74) is 8.10. The second-order valence-corrected chi connectivity index (χ2v) is 8.52. The predicted octanol–water partition coefficient (Wildman–Crippen LogP) is 4.16. The lowest BCUT2D eigenvalue weighted by molar-refractivity contribution is -0.112. The molecule has 5 rings (SSSR count). The standard InChI is InChI=1S/C28H20N6O/c1-18-5-26-24(9-25(18)23-7-21(11-30)12-31-14-23)15-32-28(26)27(35)8-22-13-33-34(17-22)16-20-4-2-3-19(6-20)10-29/h2-7,9,12-14,17H,8,15-16H2,1H3. The summed E-state index contributed by atoms with van der Waals surface area (Å²) < 4.78 is 1.77. The maximum Gasteiger partial charge on any atom is 0.185 e. The Morgan fingerprint density at radius 1 is 1.00 bits per heavy atom. The number of benzene rings is 2. The minimum absolute atomic E-state index is 0.0462. The molecule has 4 aromatic rings. The van der Waals surface area contributed by atoms with Crippen LogP contribution in [0.25, 0.3) is 11.1 Å². The third kappa shape index (κ3) is 4.48. The Balaban J connectivity index is 1.32. The molecule has 0 atom stereocenters. The van der Waals surface area contributed by atoms with Gasteiger partial charge in [-0.25, -0.2) is 0 Å². The molecular weight excluding hydrogens is 436 g/mol. The minimum Gasteiger partial charge on any atom is -0.292 e. The van der Waals surface area contributed by atoms with Crippen molar-refractivity contribution in [1.82, 2.24) is 14.8 Å². The van der Waals surface area contributed by atoms with Gasteiger partial charge in [0.2, 0.25) is 0 Å². The summed E-state index contributed by atoms with van der Waals surface area (Å²) in [5, 5.41) is 22.6. The van der Waals surface area contributed by atoms with Crippen molar-refractivity contribution in [2.45, 2.75) is 26.4 Å². The van der Waals surface area contributed by atoms with Crippen molar-refractivity contribution >= 4 is 11.5 Å². The van der Waals surface area contributed by atoms with Crippen LogP contribution in [0.5, 0.6) is 0 Å². The Morgan fingerprint density at radius 2 is 1.86 bits per heavy atom. The topological polar surface area (TPSA) is 108 Å². The molecule has 7 nitrogen and oxygen atoms in total. The average molecular weight is 457 g/mol. The van der Waals surface area contributed by atoms with E-state index < -0.39 is 0 Å². The molecule has 0 amide bonds. The van der Waals surface area contributed by atoms with Gasteiger partial charge in [-0.05, 0) is 65.1 Å². The largest absolute Gasteiger partial charge is 0.292 e. The van der Waals surface area contributed by atoms with Crippen LogP contribution >= 0.6 is 0 Å². The molecule has 0 aliphatic carbocycles. The van der Waals surface area contributed by atoms with Crippen LogP contribution < -0.4 is 0 Å². The van der Waals surface area contributed by atoms with E-state index in [9.17, 15) is 10.1 Å². The number of rotatable bonds is 6. The van der Waals surface area contributed by atoms with Crippen LogP contribution in [0.2, 0.25) is 0 Å². The molecule has 1 aliphatic rings. The number of pyridine rings is 1. The van der Waals surface area contributed by atoms with Crippen LogP contribution in [0.3, 0.4) is 0 Å². The first kappa shape index (κ1) is 21.9. The monoisotopic (exact) mass is 456 g/mol. The van der Waals surface area contributed by atoms with Gasteiger partial charge in [-0.3, -0.25) is 19.5 Å². The van der Waals surface area contributed by atoms with Gasteiger partial charge in [0.05, 0.1) is 36.5 Å². The van der Waals surface area contributed by atoms with Gasteiger partial charge >= 0.3 is 0 Å². The van der Waals surface area contributed by atoms with Crippen LogP contribution in [0.4, 0.5) is 0 Å². The number of carbonyl (C=O) groups is 1. The van der Waals surface area contributed by atoms with Crippen molar-refractivity contribution in [3.05, 3.63) is 106 Å². The zero-order valence-corrected chi connectivity index (χ0v) is 19.1. The van der Waals surface area contributed by atoms with E-state index in [-0.39, 0.29) is 12.2 Å². The van der Waals surface area contributed by atoms with Gasteiger partial charge in [-0.2, -0.15) is 15.6 Å². The number of aliphatic imine (C=N–C) groups is 1. The molecule has 3 heterocycles. The van der Waals surface area contributed by atoms with Crippen LogP contribution in [0, 0.1) is 29.6 Å². The molecule has 0 fully saturated rings. The van der Waals surface area contributed by atoms with Gasteiger partial charge in [-0.15, -0.1) is 0 Å². The van der Waals surface area contributed by atoms with Gasteiger partial charge < -0.3 is 0 Å². The summed E-state index contributed by atoms with van der Waals surface area (Å²) in [5.74, 6) is -0.0462. The molecule has 0 N–H and O–H groups in total. The number of carbonyl (C=O) groups excluding carboxylic acids is 1. The lowest BCUT2D eigenvalue weighted by atomic mass is 9.92. The first-order valence-corrected chi connectivity index (χ1v) is 11.1. The van der Waals surface area contributed by atoms with Crippen molar-refractivity contribution < 1.29 is 4.79 Å². The predicted molar refractivity (Wildman–Crippen MR) is 131 cm³/mol. The molecule has 35 heavy (non-hydrogen) atoms. The Bertz CT molecular complexity index is 1580. The molecule has 0 radical (unpaired) electrons. The summed E-state index contributed by atoms with van der Waals surface area (Å²) in [6.07, 6.45) is 7.05. The van der Waals surface area contributed by atoms with Crippen LogP contribution in [-0.2, 0) is 24.3 Å². The third-order valence-electron chi connectivity index (χ3n) is 6.01. The summed E-state index contributed by atoms with van der Waals surface area (Å²) in [7, 11) is 0. The lowest BCUT2D eigenvalue weighted by Crippen LogP contribution is -2.16. The molecule has 0 unspecified atom stereocenters. The highest BCUT2D eigenvalue weighted by molar-refractivity contribution is 6.47. The summed E-state index contributed by atoms with van der Waals surface area (Å²) in [6.45, 7) is 2.96. The maximum absolute atomic E-state index is 13.1. The first-order valence-electron chi connectivity index (χ1n) is 11.1. The highest BCUT2D eigenvalue weighted by Crippen LogP contribution is 2.30. The number of hydrogen-bond donors (Lipinski definition) is 0. The van der Waals surface area contributed by atoms with Crippen molar-refractivity contribution in [3.63, 3.8) is 0 Å². The maximum atomic E-state index is 13.1. The lowest BCUT2D eigenvalue weighted by Gasteiger charge is -2.10. The normalized spacial score (nSPS) is 11.9. The van der Waals surface area contributed by atoms with Crippen molar-refractivity contribution in [3.8, 4) is 23.3 Å². The molecular formula is C28H20N6O. The second-order valence-electron chi connectivity index (χ2n) is 8.52. The molecule has 2 aromatic carbocycles. The summed E-state index contributed by atoms with van der Waals surface area (Å²) >= 11 is 0. The zero-order valence-electron chi connectivity index (χ0n) is 19.1. The number of ketones is 1. The summed E-state index contributed by atoms with van der Waals surface area (Å²) in [6, 6.07) is 17.5. The summed E-state index contributed by atoms with van der Waals surface area (Å²) in [4.78, 5) is 21.8. The van der Waals surface area contributed by atoms with Crippen LogP contribution in [-0.4, -0.2) is 26.3 Å². The van der Waals surface area contributed by atoms with E-state index in [1.165, 1.54) is 6.20 Å². The Morgan fingerprint density at radius 3 is 2.69 bits per heavy atom. The minimum atomic E-state index is -0.0462. The van der Waals surface area contributed by atoms with Gasteiger partial charge in [0.25, 0.3) is 0 Å². The fraction of sp³-hybridized carbons (Fsp3) is 0.143. The Kier molecular flexibility index (Phi) is 5.75. The van der Waals surface area contributed by atoms with E-state index in [4.69, 9.17) is 5.26 Å². The smallest absolute Gasteiger partial charge is 0.185 e. The van der Waals surface area contributed by atoms with E-state index in [1.807, 2.05) is 49.5 Å². The van der Waals surface area contributed by atoms with E-state index in [0.29, 0.717) is 29.9 Å². The number of hydrogen-bond acceptors (Lipinski definition) is 6. The molecule has 2 aromatic heterocycles. The first-order chi connectivity index (χ1) is 17.0. The number of Topliss-reactive ketones (excluding diaryl/α,β-unsaturated/α-hetero) is 1. The highest BCUT2D eigenvalue weighted by Gasteiger charge is 2.24. The fourth-order valence-corrected chi connectivity index (χ4v) is 4.33. The second kappa shape index (κ2) is 9.17. The molecule has 1 aliphatic heterocycles. The van der Waals surface area contributed by atoms with E-state index in [0.717, 1.165) is 38.9 Å². The Hall–Kier alpha value is -4.88. The van der Waals surface area contributed by atoms with Crippen LogP contribution in [0.15, 0.2) is 72.2 Å². The van der Waals surface area contributed by atoms with Crippen LogP contribution in [0.1, 0.15) is 38.9 Å². The van der Waals surface area contributed by atoms with Crippen molar-refractivity contribution in [1.29, 1.82) is 10.5 Å². The van der Waals surface area contributed by atoms with E-state index in [2.05, 4.69) is 27.2 Å². The quantitative estimate of drug-likeness (QED) is 0.433. The molecule has 0 bridgehead atoms. The highest BCUT2D eigenvalue weighted by atomic mass is 16.1. The van der Waals surface area contributed by atoms with E-state index >= 15 is 0 Å². The molecule has 168 valence electrons. The Labute approximate surface area is 202 Å². The number of nitrogens with zero attached hydrogens (tertiary/aromatic N) is 6.